The van der Waals surface area contributed by atoms with Crippen LogP contribution in [-0.4, -0.2) is 16.6 Å². The van der Waals surface area contributed by atoms with Gasteiger partial charge in [0.2, 0.25) is 0 Å². The number of pyridine rings is 1. The predicted octanol–water partition coefficient (Wildman–Crippen LogP) is 3.25. The maximum atomic E-state index is 11.8. The molecule has 1 aliphatic carbocycles. The fourth-order valence-corrected chi connectivity index (χ4v) is 3.22. The summed E-state index contributed by atoms with van der Waals surface area (Å²) < 4.78 is 1.69. The van der Waals surface area contributed by atoms with E-state index in [0.29, 0.717) is 25.1 Å². The Balaban J connectivity index is 0.00000243. The van der Waals surface area contributed by atoms with Crippen molar-refractivity contribution in [3.63, 3.8) is 0 Å². The molecule has 0 amide bonds. The summed E-state index contributed by atoms with van der Waals surface area (Å²) in [6.45, 7) is 1.14. The summed E-state index contributed by atoms with van der Waals surface area (Å²) in [6.07, 6.45) is 8.05. The van der Waals surface area contributed by atoms with Gasteiger partial charge in [-0.1, -0.05) is 49.6 Å². The maximum Gasteiger partial charge on any atom is 0.250 e. The Labute approximate surface area is 171 Å². The highest BCUT2D eigenvalue weighted by Crippen LogP contribution is 2.17. The minimum absolute atomic E-state index is 0. The van der Waals surface area contributed by atoms with Crippen molar-refractivity contribution >= 4 is 29.9 Å². The molecule has 0 bridgehead atoms. The standard InChI is InChI=1S/C20H26N4O.HI/c21-20(23-18-6-2-1-3-7-18)22-14-16-9-11-17(12-10-16)15-24-13-5-4-8-19(24)25;/h4-5,8-13,18H,1-3,6-7,14-15H2,(H3,21,22,23);1H. The van der Waals surface area contributed by atoms with Crippen molar-refractivity contribution in [2.45, 2.75) is 51.2 Å². The number of nitrogens with two attached hydrogens (primary N) is 1. The molecule has 0 saturated heterocycles. The molecule has 0 unspecified atom stereocenters. The van der Waals surface area contributed by atoms with Gasteiger partial charge in [0.05, 0.1) is 13.1 Å². The summed E-state index contributed by atoms with van der Waals surface area (Å²) >= 11 is 0. The summed E-state index contributed by atoms with van der Waals surface area (Å²) in [5.74, 6) is 0.534. The summed E-state index contributed by atoms with van der Waals surface area (Å²) in [6, 6.07) is 13.8. The van der Waals surface area contributed by atoms with Crippen molar-refractivity contribution in [2.24, 2.45) is 10.7 Å². The largest absolute Gasteiger partial charge is 0.370 e. The van der Waals surface area contributed by atoms with E-state index in [1.165, 1.54) is 32.1 Å². The van der Waals surface area contributed by atoms with Gasteiger partial charge < -0.3 is 15.6 Å². The van der Waals surface area contributed by atoms with Crippen LogP contribution < -0.4 is 16.6 Å². The quantitative estimate of drug-likeness (QED) is 0.404. The molecule has 0 radical (unpaired) electrons. The average molecular weight is 466 g/mol. The van der Waals surface area contributed by atoms with E-state index in [-0.39, 0.29) is 29.5 Å². The molecule has 5 nitrogen and oxygen atoms in total. The Morgan fingerprint density at radius 3 is 2.46 bits per heavy atom. The monoisotopic (exact) mass is 466 g/mol. The van der Waals surface area contributed by atoms with Gasteiger partial charge in [0.25, 0.3) is 5.56 Å². The Morgan fingerprint density at radius 2 is 1.77 bits per heavy atom. The van der Waals surface area contributed by atoms with Gasteiger partial charge in [-0.25, -0.2) is 4.99 Å². The lowest BCUT2D eigenvalue weighted by atomic mass is 9.96. The molecular weight excluding hydrogens is 439 g/mol. The van der Waals surface area contributed by atoms with Crippen molar-refractivity contribution in [3.8, 4) is 0 Å². The number of guanidine groups is 1. The zero-order chi connectivity index (χ0) is 17.5. The third-order valence-electron chi connectivity index (χ3n) is 4.66. The number of aliphatic imine (C=N–C) groups is 1. The number of halogens is 1. The van der Waals surface area contributed by atoms with Crippen LogP contribution in [0.5, 0.6) is 0 Å². The second-order valence-corrected chi connectivity index (χ2v) is 6.66. The summed E-state index contributed by atoms with van der Waals surface area (Å²) in [5.41, 5.74) is 8.21. The Kier molecular flexibility index (Phi) is 8.15. The van der Waals surface area contributed by atoms with E-state index in [2.05, 4.69) is 10.3 Å². The molecular formula is C20H27IN4O. The topological polar surface area (TPSA) is 72.4 Å². The van der Waals surface area contributed by atoms with E-state index in [1.807, 2.05) is 30.3 Å². The van der Waals surface area contributed by atoms with E-state index in [1.54, 1.807) is 22.9 Å². The number of hydrogen-bond acceptors (Lipinski definition) is 2. The molecule has 2 aromatic rings. The first-order valence-corrected chi connectivity index (χ1v) is 9.00. The number of nitrogens with zero attached hydrogens (tertiary/aromatic N) is 2. The highest BCUT2D eigenvalue weighted by atomic mass is 127. The molecule has 0 atom stereocenters. The number of benzene rings is 1. The molecule has 1 fully saturated rings. The molecule has 1 saturated carbocycles. The normalized spacial score (nSPS) is 15.3. The highest BCUT2D eigenvalue weighted by Gasteiger charge is 2.13. The van der Waals surface area contributed by atoms with Crippen LogP contribution >= 0.6 is 24.0 Å². The van der Waals surface area contributed by atoms with Gasteiger partial charge in [-0.15, -0.1) is 24.0 Å². The molecule has 6 heteroatoms. The van der Waals surface area contributed by atoms with Crippen LogP contribution in [0.2, 0.25) is 0 Å². The second kappa shape index (κ2) is 10.4. The van der Waals surface area contributed by atoms with Gasteiger partial charge in [-0.05, 0) is 30.0 Å². The molecule has 1 aromatic heterocycles. The van der Waals surface area contributed by atoms with E-state index < -0.39 is 0 Å². The molecule has 0 aliphatic heterocycles. The summed E-state index contributed by atoms with van der Waals surface area (Å²) in [5, 5.41) is 3.33. The SMILES string of the molecule is I.NC(=NCc1ccc(Cn2ccccc2=O)cc1)NC1CCCCC1. The maximum absolute atomic E-state index is 11.8. The van der Waals surface area contributed by atoms with Gasteiger partial charge in [0.1, 0.15) is 0 Å². The van der Waals surface area contributed by atoms with Crippen molar-refractivity contribution in [2.75, 3.05) is 0 Å². The zero-order valence-corrected chi connectivity index (χ0v) is 17.3. The molecule has 3 rings (SSSR count). The van der Waals surface area contributed by atoms with Gasteiger partial charge in [-0.2, -0.15) is 0 Å². The van der Waals surface area contributed by atoms with Crippen LogP contribution in [0.3, 0.4) is 0 Å². The average Bonchev–Trinajstić information content (AvgIpc) is 2.64. The number of hydrogen-bond donors (Lipinski definition) is 2. The van der Waals surface area contributed by atoms with E-state index in [4.69, 9.17) is 5.73 Å². The van der Waals surface area contributed by atoms with Crippen LogP contribution in [-0.2, 0) is 13.1 Å². The van der Waals surface area contributed by atoms with Crippen LogP contribution in [0.4, 0.5) is 0 Å². The lowest BCUT2D eigenvalue weighted by Gasteiger charge is -2.23. The smallest absolute Gasteiger partial charge is 0.250 e. The van der Waals surface area contributed by atoms with Crippen molar-refractivity contribution in [1.29, 1.82) is 0 Å². The Bertz CT molecular complexity index is 764. The van der Waals surface area contributed by atoms with Gasteiger partial charge in [0.15, 0.2) is 5.96 Å². The van der Waals surface area contributed by atoms with E-state index in [9.17, 15) is 4.79 Å². The zero-order valence-electron chi connectivity index (χ0n) is 14.9. The minimum atomic E-state index is 0. The van der Waals surface area contributed by atoms with Gasteiger partial charge in [0, 0.05) is 18.3 Å². The number of aromatic nitrogens is 1. The molecule has 3 N–H and O–H groups in total. The Morgan fingerprint density at radius 1 is 1.08 bits per heavy atom. The lowest BCUT2D eigenvalue weighted by Crippen LogP contribution is -2.41. The van der Waals surface area contributed by atoms with E-state index >= 15 is 0 Å². The van der Waals surface area contributed by atoms with Crippen LogP contribution in [0.15, 0.2) is 58.4 Å². The number of nitrogens with one attached hydrogen (secondary N) is 1. The third-order valence-corrected chi connectivity index (χ3v) is 4.66. The summed E-state index contributed by atoms with van der Waals surface area (Å²) in [4.78, 5) is 16.2. The Hall–Kier alpha value is -1.83. The van der Waals surface area contributed by atoms with Crippen LogP contribution in [0.1, 0.15) is 43.2 Å². The second-order valence-electron chi connectivity index (χ2n) is 6.66. The molecule has 140 valence electrons. The molecule has 1 aromatic carbocycles. The van der Waals surface area contributed by atoms with Crippen molar-refractivity contribution < 1.29 is 0 Å². The predicted molar refractivity (Wildman–Crippen MR) is 117 cm³/mol. The van der Waals surface area contributed by atoms with Crippen molar-refractivity contribution in [1.82, 2.24) is 9.88 Å². The highest BCUT2D eigenvalue weighted by molar-refractivity contribution is 14.0. The minimum Gasteiger partial charge on any atom is -0.370 e. The third kappa shape index (κ3) is 6.16. The fraction of sp³-hybridized carbons (Fsp3) is 0.400. The van der Waals surface area contributed by atoms with Gasteiger partial charge >= 0.3 is 0 Å². The molecule has 0 spiro atoms. The first-order valence-electron chi connectivity index (χ1n) is 9.00. The fourth-order valence-electron chi connectivity index (χ4n) is 3.22. The first kappa shape index (κ1) is 20.5. The number of rotatable bonds is 5. The summed E-state index contributed by atoms with van der Waals surface area (Å²) in [7, 11) is 0. The van der Waals surface area contributed by atoms with Crippen LogP contribution in [0, 0.1) is 0 Å². The van der Waals surface area contributed by atoms with Crippen molar-refractivity contribution in [3.05, 3.63) is 70.1 Å². The lowest BCUT2D eigenvalue weighted by molar-refractivity contribution is 0.412. The van der Waals surface area contributed by atoms with Crippen LogP contribution in [0.25, 0.3) is 0 Å². The first-order chi connectivity index (χ1) is 12.2. The molecule has 1 aliphatic rings. The molecule has 26 heavy (non-hydrogen) atoms. The molecule has 1 heterocycles. The van der Waals surface area contributed by atoms with E-state index in [0.717, 1.165) is 11.1 Å². The van der Waals surface area contributed by atoms with Gasteiger partial charge in [-0.3, -0.25) is 4.79 Å².